The van der Waals surface area contributed by atoms with Gasteiger partial charge >= 0.3 is 0 Å². The molecule has 0 aliphatic carbocycles. The van der Waals surface area contributed by atoms with Crippen LogP contribution in [-0.2, 0) is 0 Å². The SMILES string of the molecule is CC1CN(C)CCN1C(=O)c1ccc2nncn2c1. The van der Waals surface area contributed by atoms with Crippen LogP contribution >= 0.6 is 0 Å². The Morgan fingerprint density at radius 2 is 2.21 bits per heavy atom. The molecule has 0 N–H and O–H groups in total. The third kappa shape index (κ3) is 2.19. The number of nitrogens with zero attached hydrogens (tertiary/aromatic N) is 5. The molecule has 1 aliphatic rings. The van der Waals surface area contributed by atoms with Crippen molar-refractivity contribution in [2.24, 2.45) is 0 Å². The van der Waals surface area contributed by atoms with E-state index in [1.54, 1.807) is 16.9 Å². The maximum Gasteiger partial charge on any atom is 0.255 e. The Morgan fingerprint density at radius 1 is 1.37 bits per heavy atom. The minimum absolute atomic E-state index is 0.0798. The number of hydrogen-bond donors (Lipinski definition) is 0. The Kier molecular flexibility index (Phi) is 2.94. The number of pyridine rings is 1. The Bertz CT molecular complexity index is 608. The standard InChI is InChI=1S/C13H17N5O/c1-10-7-16(2)5-6-18(10)13(19)11-3-4-12-15-14-9-17(12)8-11/h3-4,8-10H,5-7H2,1-2H3. The fourth-order valence-electron chi connectivity index (χ4n) is 2.56. The molecule has 3 rings (SSSR count). The summed E-state index contributed by atoms with van der Waals surface area (Å²) in [6.07, 6.45) is 3.40. The molecule has 100 valence electrons. The lowest BCUT2D eigenvalue weighted by Gasteiger charge is -2.38. The molecule has 2 aromatic rings. The summed E-state index contributed by atoms with van der Waals surface area (Å²) in [5.74, 6) is 0.0798. The second-order valence-electron chi connectivity index (χ2n) is 5.12. The van der Waals surface area contributed by atoms with Gasteiger partial charge in [-0.05, 0) is 26.1 Å². The van der Waals surface area contributed by atoms with E-state index in [4.69, 9.17) is 0 Å². The van der Waals surface area contributed by atoms with Gasteiger partial charge in [0.25, 0.3) is 5.91 Å². The summed E-state index contributed by atoms with van der Waals surface area (Å²) in [6, 6.07) is 3.88. The van der Waals surface area contributed by atoms with Crippen molar-refractivity contribution in [2.45, 2.75) is 13.0 Å². The van der Waals surface area contributed by atoms with Crippen LogP contribution in [-0.4, -0.2) is 63.0 Å². The number of piperazine rings is 1. The first-order valence-corrected chi connectivity index (χ1v) is 6.44. The summed E-state index contributed by atoms with van der Waals surface area (Å²) >= 11 is 0. The monoisotopic (exact) mass is 259 g/mol. The predicted octanol–water partition coefficient (Wildman–Crippen LogP) is 0.505. The first-order valence-electron chi connectivity index (χ1n) is 6.44. The van der Waals surface area contributed by atoms with E-state index in [2.05, 4.69) is 29.1 Å². The number of aromatic nitrogens is 3. The van der Waals surface area contributed by atoms with Gasteiger partial charge in [0.15, 0.2) is 5.65 Å². The summed E-state index contributed by atoms with van der Waals surface area (Å²) in [5.41, 5.74) is 1.44. The first kappa shape index (κ1) is 12.1. The molecule has 1 aliphatic heterocycles. The fourth-order valence-corrected chi connectivity index (χ4v) is 2.56. The largest absolute Gasteiger partial charge is 0.333 e. The van der Waals surface area contributed by atoms with Crippen LogP contribution in [0.5, 0.6) is 0 Å². The number of amides is 1. The van der Waals surface area contributed by atoms with Gasteiger partial charge in [0.2, 0.25) is 0 Å². The van der Waals surface area contributed by atoms with Crippen LogP contribution in [0.1, 0.15) is 17.3 Å². The number of fused-ring (bicyclic) bond motifs is 1. The molecule has 0 radical (unpaired) electrons. The maximum absolute atomic E-state index is 12.5. The zero-order valence-corrected chi connectivity index (χ0v) is 11.2. The van der Waals surface area contributed by atoms with Crippen LogP contribution in [0.15, 0.2) is 24.7 Å². The molecule has 3 heterocycles. The number of rotatable bonds is 1. The van der Waals surface area contributed by atoms with E-state index in [0.717, 1.165) is 25.3 Å². The Hall–Kier alpha value is -1.95. The summed E-state index contributed by atoms with van der Waals surface area (Å²) in [5, 5.41) is 7.76. The van der Waals surface area contributed by atoms with Gasteiger partial charge in [-0.1, -0.05) is 0 Å². The molecule has 6 nitrogen and oxygen atoms in total. The van der Waals surface area contributed by atoms with Crippen molar-refractivity contribution in [3.8, 4) is 0 Å². The molecule has 1 unspecified atom stereocenters. The minimum atomic E-state index is 0.0798. The van der Waals surface area contributed by atoms with Gasteiger partial charge in [-0.15, -0.1) is 10.2 Å². The Morgan fingerprint density at radius 3 is 3.00 bits per heavy atom. The molecule has 1 fully saturated rings. The van der Waals surface area contributed by atoms with E-state index in [9.17, 15) is 4.79 Å². The average Bonchev–Trinajstić information content (AvgIpc) is 2.85. The molecule has 1 saturated heterocycles. The van der Waals surface area contributed by atoms with Crippen LogP contribution < -0.4 is 0 Å². The fraction of sp³-hybridized carbons (Fsp3) is 0.462. The van der Waals surface area contributed by atoms with E-state index in [0.29, 0.717) is 5.56 Å². The highest BCUT2D eigenvalue weighted by Crippen LogP contribution is 2.13. The van der Waals surface area contributed by atoms with Crippen molar-refractivity contribution in [2.75, 3.05) is 26.7 Å². The first-order chi connectivity index (χ1) is 9.15. The number of carbonyl (C=O) groups excluding carboxylic acids is 1. The van der Waals surface area contributed by atoms with Gasteiger partial charge in [-0.3, -0.25) is 9.20 Å². The van der Waals surface area contributed by atoms with Crippen molar-refractivity contribution < 1.29 is 4.79 Å². The zero-order valence-electron chi connectivity index (χ0n) is 11.2. The summed E-state index contributed by atoms with van der Waals surface area (Å²) in [4.78, 5) is 16.7. The van der Waals surface area contributed by atoms with Crippen LogP contribution in [0.25, 0.3) is 5.65 Å². The average molecular weight is 259 g/mol. The lowest BCUT2D eigenvalue weighted by Crippen LogP contribution is -2.52. The Balaban J connectivity index is 1.86. The third-order valence-electron chi connectivity index (χ3n) is 3.63. The van der Waals surface area contributed by atoms with Crippen LogP contribution in [0.2, 0.25) is 0 Å². The predicted molar refractivity (Wildman–Crippen MR) is 71.0 cm³/mol. The highest BCUT2D eigenvalue weighted by molar-refractivity contribution is 5.94. The second-order valence-corrected chi connectivity index (χ2v) is 5.12. The maximum atomic E-state index is 12.5. The summed E-state index contributed by atoms with van der Waals surface area (Å²) < 4.78 is 1.77. The van der Waals surface area contributed by atoms with Gasteiger partial charge in [0.05, 0.1) is 5.56 Å². The van der Waals surface area contributed by atoms with Crippen LogP contribution in [0.4, 0.5) is 0 Å². The van der Waals surface area contributed by atoms with Gasteiger partial charge < -0.3 is 9.80 Å². The molecule has 0 bridgehead atoms. The number of likely N-dealkylation sites (N-methyl/N-ethyl adjacent to an activating group) is 1. The molecular formula is C13H17N5O. The minimum Gasteiger partial charge on any atom is -0.333 e. The Labute approximate surface area is 111 Å². The van der Waals surface area contributed by atoms with Crippen LogP contribution in [0.3, 0.4) is 0 Å². The van der Waals surface area contributed by atoms with E-state index >= 15 is 0 Å². The molecule has 19 heavy (non-hydrogen) atoms. The molecule has 0 aromatic carbocycles. The van der Waals surface area contributed by atoms with Crippen molar-refractivity contribution in [1.29, 1.82) is 0 Å². The van der Waals surface area contributed by atoms with E-state index in [-0.39, 0.29) is 11.9 Å². The highest BCUT2D eigenvalue weighted by Gasteiger charge is 2.26. The number of carbonyl (C=O) groups is 1. The summed E-state index contributed by atoms with van der Waals surface area (Å²) in [7, 11) is 2.08. The van der Waals surface area contributed by atoms with Gasteiger partial charge in [-0.2, -0.15) is 0 Å². The van der Waals surface area contributed by atoms with E-state index in [1.165, 1.54) is 0 Å². The quantitative estimate of drug-likeness (QED) is 0.748. The van der Waals surface area contributed by atoms with Gasteiger partial charge in [0, 0.05) is 31.9 Å². The van der Waals surface area contributed by atoms with Gasteiger partial charge in [-0.25, -0.2) is 0 Å². The molecule has 1 atom stereocenters. The van der Waals surface area contributed by atoms with Gasteiger partial charge in [0.1, 0.15) is 6.33 Å². The van der Waals surface area contributed by atoms with Crippen molar-refractivity contribution in [3.05, 3.63) is 30.2 Å². The molecule has 6 heteroatoms. The molecule has 0 spiro atoms. The normalized spacial score (nSPS) is 20.9. The third-order valence-corrected chi connectivity index (χ3v) is 3.63. The number of hydrogen-bond acceptors (Lipinski definition) is 4. The lowest BCUT2D eigenvalue weighted by molar-refractivity contribution is 0.0533. The summed E-state index contributed by atoms with van der Waals surface area (Å²) in [6.45, 7) is 4.70. The highest BCUT2D eigenvalue weighted by atomic mass is 16.2. The van der Waals surface area contributed by atoms with Crippen molar-refractivity contribution in [1.82, 2.24) is 24.4 Å². The molecule has 0 saturated carbocycles. The van der Waals surface area contributed by atoms with Crippen molar-refractivity contribution in [3.63, 3.8) is 0 Å². The molecular weight excluding hydrogens is 242 g/mol. The molecule has 2 aromatic heterocycles. The van der Waals surface area contributed by atoms with Crippen molar-refractivity contribution >= 4 is 11.6 Å². The van der Waals surface area contributed by atoms with E-state index < -0.39 is 0 Å². The zero-order chi connectivity index (χ0) is 13.4. The van der Waals surface area contributed by atoms with E-state index in [1.807, 2.05) is 17.0 Å². The topological polar surface area (TPSA) is 53.7 Å². The smallest absolute Gasteiger partial charge is 0.255 e. The second kappa shape index (κ2) is 4.62. The molecule has 1 amide bonds. The lowest BCUT2D eigenvalue weighted by atomic mass is 10.1. The van der Waals surface area contributed by atoms with Crippen LogP contribution in [0, 0.1) is 0 Å².